The summed E-state index contributed by atoms with van der Waals surface area (Å²) in [6, 6.07) is 9.10. The van der Waals surface area contributed by atoms with Crippen LogP contribution < -0.4 is 10.9 Å². The van der Waals surface area contributed by atoms with Crippen LogP contribution in [0.3, 0.4) is 0 Å². The topological polar surface area (TPSA) is 44.4 Å². The minimum atomic E-state index is -0.126. The van der Waals surface area contributed by atoms with E-state index in [9.17, 15) is 4.79 Å². The van der Waals surface area contributed by atoms with Crippen LogP contribution in [-0.4, -0.2) is 10.4 Å². The fourth-order valence-corrected chi connectivity index (χ4v) is 1.77. The SMILES string of the molecule is CC1=CNN(NC(=O)c2ccccc2)S1. The predicted molar refractivity (Wildman–Crippen MR) is 60.2 cm³/mol. The average molecular weight is 221 g/mol. The zero-order valence-electron chi connectivity index (χ0n) is 8.23. The number of hydrazine groups is 2. The Morgan fingerprint density at radius 3 is 2.73 bits per heavy atom. The maximum Gasteiger partial charge on any atom is 0.267 e. The second-order valence-corrected chi connectivity index (χ2v) is 4.27. The van der Waals surface area contributed by atoms with Gasteiger partial charge in [-0.2, -0.15) is 0 Å². The van der Waals surface area contributed by atoms with Gasteiger partial charge in [0.1, 0.15) is 0 Å². The Hall–Kier alpha value is -1.46. The van der Waals surface area contributed by atoms with Crippen molar-refractivity contribution in [1.82, 2.24) is 15.4 Å². The fourth-order valence-electron chi connectivity index (χ4n) is 1.15. The lowest BCUT2D eigenvalue weighted by molar-refractivity contribution is 0.0871. The summed E-state index contributed by atoms with van der Waals surface area (Å²) in [5.74, 6) is -0.126. The minimum Gasteiger partial charge on any atom is -0.298 e. The molecule has 1 aliphatic rings. The molecule has 0 bridgehead atoms. The summed E-state index contributed by atoms with van der Waals surface area (Å²) < 4.78 is 1.57. The molecule has 0 atom stereocenters. The van der Waals surface area contributed by atoms with Gasteiger partial charge in [-0.15, -0.1) is 0 Å². The molecule has 0 spiro atoms. The standard InChI is InChI=1S/C10H11N3OS/c1-8-7-11-13(15-8)12-10(14)9-5-3-2-4-6-9/h2-7,11H,1H3,(H,12,14). The Kier molecular flexibility index (Phi) is 2.94. The molecular formula is C10H11N3OS. The monoisotopic (exact) mass is 221 g/mol. The van der Waals surface area contributed by atoms with Gasteiger partial charge in [0.25, 0.3) is 5.91 Å². The summed E-state index contributed by atoms with van der Waals surface area (Å²) in [5.41, 5.74) is 6.27. The molecule has 1 aliphatic heterocycles. The summed E-state index contributed by atoms with van der Waals surface area (Å²) in [6.07, 6.45) is 1.83. The number of nitrogens with one attached hydrogen (secondary N) is 2. The molecule has 2 N–H and O–H groups in total. The number of nitrogens with zero attached hydrogens (tertiary/aromatic N) is 1. The second kappa shape index (κ2) is 4.37. The largest absolute Gasteiger partial charge is 0.298 e. The van der Waals surface area contributed by atoms with Crippen molar-refractivity contribution in [2.75, 3.05) is 0 Å². The molecule has 5 heteroatoms. The lowest BCUT2D eigenvalue weighted by Gasteiger charge is -2.15. The van der Waals surface area contributed by atoms with E-state index in [2.05, 4.69) is 10.9 Å². The first-order valence-electron chi connectivity index (χ1n) is 4.53. The van der Waals surface area contributed by atoms with Gasteiger partial charge in [0.2, 0.25) is 0 Å². The Morgan fingerprint density at radius 2 is 2.13 bits per heavy atom. The molecule has 0 aromatic heterocycles. The number of rotatable bonds is 2. The smallest absolute Gasteiger partial charge is 0.267 e. The van der Waals surface area contributed by atoms with Gasteiger partial charge in [-0.25, -0.2) is 0 Å². The summed E-state index contributed by atoms with van der Waals surface area (Å²) in [5, 5.41) is 0. The molecule has 0 fully saturated rings. The van der Waals surface area contributed by atoms with E-state index >= 15 is 0 Å². The molecule has 4 nitrogen and oxygen atoms in total. The molecule has 0 aliphatic carbocycles. The Bertz CT molecular complexity index is 391. The third-order valence-corrected chi connectivity index (χ3v) is 2.64. The van der Waals surface area contributed by atoms with Gasteiger partial charge in [-0.05, 0) is 31.0 Å². The molecular weight excluding hydrogens is 210 g/mol. The lowest BCUT2D eigenvalue weighted by Crippen LogP contribution is -2.41. The van der Waals surface area contributed by atoms with Crippen molar-refractivity contribution < 1.29 is 4.79 Å². The molecule has 0 unspecified atom stereocenters. The van der Waals surface area contributed by atoms with Gasteiger partial charge in [-0.1, -0.05) is 22.7 Å². The highest BCUT2D eigenvalue weighted by molar-refractivity contribution is 8.00. The quantitative estimate of drug-likeness (QED) is 0.745. The molecule has 78 valence electrons. The molecule has 0 radical (unpaired) electrons. The molecule has 0 saturated carbocycles. The van der Waals surface area contributed by atoms with Crippen molar-refractivity contribution in [3.05, 3.63) is 47.0 Å². The highest BCUT2D eigenvalue weighted by Crippen LogP contribution is 2.20. The molecule has 1 amide bonds. The lowest BCUT2D eigenvalue weighted by atomic mass is 10.2. The summed E-state index contributed by atoms with van der Waals surface area (Å²) in [6.45, 7) is 1.96. The van der Waals surface area contributed by atoms with Crippen LogP contribution in [0.5, 0.6) is 0 Å². The first-order chi connectivity index (χ1) is 7.25. The predicted octanol–water partition coefficient (Wildman–Crippen LogP) is 1.66. The summed E-state index contributed by atoms with van der Waals surface area (Å²) in [4.78, 5) is 12.8. The van der Waals surface area contributed by atoms with Crippen molar-refractivity contribution in [2.24, 2.45) is 0 Å². The second-order valence-electron chi connectivity index (χ2n) is 3.08. The van der Waals surface area contributed by atoms with Crippen LogP contribution in [0.1, 0.15) is 17.3 Å². The molecule has 1 aromatic carbocycles. The third kappa shape index (κ3) is 2.51. The summed E-state index contributed by atoms with van der Waals surface area (Å²) >= 11 is 1.44. The maximum atomic E-state index is 11.7. The summed E-state index contributed by atoms with van der Waals surface area (Å²) in [7, 11) is 0. The maximum absolute atomic E-state index is 11.7. The van der Waals surface area contributed by atoms with Crippen LogP contribution in [0.15, 0.2) is 41.4 Å². The first-order valence-corrected chi connectivity index (χ1v) is 5.30. The Morgan fingerprint density at radius 1 is 1.40 bits per heavy atom. The Balaban J connectivity index is 1.94. The van der Waals surface area contributed by atoms with Gasteiger partial charge in [0.05, 0.1) is 0 Å². The molecule has 1 heterocycles. The van der Waals surface area contributed by atoms with E-state index in [4.69, 9.17) is 0 Å². The van der Waals surface area contributed by atoms with Gasteiger partial charge in [0, 0.05) is 16.7 Å². The zero-order valence-corrected chi connectivity index (χ0v) is 9.04. The van der Waals surface area contributed by atoms with Gasteiger partial charge in [-0.3, -0.25) is 15.6 Å². The highest BCUT2D eigenvalue weighted by atomic mass is 32.2. The van der Waals surface area contributed by atoms with Crippen molar-refractivity contribution in [3.8, 4) is 0 Å². The molecule has 15 heavy (non-hydrogen) atoms. The van der Waals surface area contributed by atoms with E-state index in [1.807, 2.05) is 31.3 Å². The van der Waals surface area contributed by atoms with Gasteiger partial charge in [0.15, 0.2) is 0 Å². The number of hydrogen-bond acceptors (Lipinski definition) is 4. The number of amides is 1. The minimum absolute atomic E-state index is 0.126. The molecule has 1 aromatic rings. The number of allylic oxidation sites excluding steroid dienone is 1. The van der Waals surface area contributed by atoms with E-state index in [1.54, 1.807) is 16.7 Å². The van der Waals surface area contributed by atoms with Crippen LogP contribution in [0.25, 0.3) is 0 Å². The fraction of sp³-hybridized carbons (Fsp3) is 0.100. The van der Waals surface area contributed by atoms with Crippen LogP contribution in [0.4, 0.5) is 0 Å². The van der Waals surface area contributed by atoms with Crippen molar-refractivity contribution >= 4 is 17.9 Å². The average Bonchev–Trinajstić information content (AvgIpc) is 2.65. The van der Waals surface area contributed by atoms with Crippen LogP contribution in [-0.2, 0) is 0 Å². The van der Waals surface area contributed by atoms with E-state index in [-0.39, 0.29) is 5.91 Å². The van der Waals surface area contributed by atoms with E-state index in [1.165, 1.54) is 11.9 Å². The highest BCUT2D eigenvalue weighted by Gasteiger charge is 2.14. The van der Waals surface area contributed by atoms with Crippen LogP contribution >= 0.6 is 11.9 Å². The van der Waals surface area contributed by atoms with E-state index in [0.29, 0.717) is 5.56 Å². The first kappa shape index (κ1) is 10.1. The molecule has 0 saturated heterocycles. The van der Waals surface area contributed by atoms with Crippen LogP contribution in [0.2, 0.25) is 0 Å². The van der Waals surface area contributed by atoms with Crippen LogP contribution in [0, 0.1) is 0 Å². The normalized spacial score (nSPS) is 15.7. The number of benzene rings is 1. The number of carbonyl (C=O) groups excluding carboxylic acids is 1. The van der Waals surface area contributed by atoms with Gasteiger partial charge < -0.3 is 0 Å². The number of hydrogen-bond donors (Lipinski definition) is 2. The molecule has 2 rings (SSSR count). The third-order valence-electron chi connectivity index (χ3n) is 1.86. The van der Waals surface area contributed by atoms with Crippen molar-refractivity contribution in [2.45, 2.75) is 6.92 Å². The van der Waals surface area contributed by atoms with Crippen molar-refractivity contribution in [3.63, 3.8) is 0 Å². The van der Waals surface area contributed by atoms with Crippen molar-refractivity contribution in [1.29, 1.82) is 0 Å². The number of carbonyl (C=O) groups is 1. The van der Waals surface area contributed by atoms with E-state index in [0.717, 1.165) is 4.91 Å². The van der Waals surface area contributed by atoms with Gasteiger partial charge >= 0.3 is 0 Å². The Labute approximate surface area is 92.4 Å². The zero-order chi connectivity index (χ0) is 10.7. The van der Waals surface area contributed by atoms with E-state index < -0.39 is 0 Å².